The highest BCUT2D eigenvalue weighted by Crippen LogP contribution is 2.32. The average Bonchev–Trinajstić information content (AvgIpc) is 2.73. The molecular weight excluding hydrogens is 234 g/mol. The summed E-state index contributed by atoms with van der Waals surface area (Å²) < 4.78 is 1.62. The van der Waals surface area contributed by atoms with Crippen LogP contribution in [0.3, 0.4) is 0 Å². The van der Waals surface area contributed by atoms with E-state index in [1.807, 2.05) is 6.07 Å². The van der Waals surface area contributed by atoms with Crippen LogP contribution < -0.4 is 5.73 Å². The van der Waals surface area contributed by atoms with Crippen LogP contribution in [0.1, 0.15) is 9.67 Å². The minimum atomic E-state index is -0.447. The highest BCUT2D eigenvalue weighted by Gasteiger charge is 2.17. The molecule has 0 saturated heterocycles. The van der Waals surface area contributed by atoms with Crippen molar-refractivity contribution in [3.05, 3.63) is 27.5 Å². The van der Waals surface area contributed by atoms with Gasteiger partial charge in [-0.05, 0) is 11.4 Å². The number of nitrogens with zero attached hydrogens (tertiary/aromatic N) is 2. The normalized spacial score (nSPS) is 10.5. The van der Waals surface area contributed by atoms with Crippen molar-refractivity contribution in [3.8, 4) is 11.3 Å². The molecule has 0 saturated carbocycles. The molecule has 1 amide bonds. The molecule has 15 heavy (non-hydrogen) atoms. The van der Waals surface area contributed by atoms with Gasteiger partial charge in [0, 0.05) is 12.6 Å². The van der Waals surface area contributed by atoms with Gasteiger partial charge in [-0.25, -0.2) is 0 Å². The lowest BCUT2D eigenvalue weighted by Crippen LogP contribution is -2.10. The van der Waals surface area contributed by atoms with E-state index in [2.05, 4.69) is 5.10 Å². The molecule has 78 valence electrons. The zero-order valence-electron chi connectivity index (χ0n) is 7.90. The molecule has 0 aliphatic heterocycles. The Labute approximate surface area is 95.3 Å². The van der Waals surface area contributed by atoms with Crippen molar-refractivity contribution in [1.29, 1.82) is 0 Å². The van der Waals surface area contributed by atoms with E-state index < -0.39 is 5.91 Å². The van der Waals surface area contributed by atoms with Crippen molar-refractivity contribution in [3.63, 3.8) is 0 Å². The molecule has 0 aromatic carbocycles. The van der Waals surface area contributed by atoms with Crippen LogP contribution in [0.2, 0.25) is 5.02 Å². The fourth-order valence-corrected chi connectivity index (χ4v) is 2.42. The molecule has 0 atom stereocenters. The molecule has 0 aliphatic carbocycles. The highest BCUT2D eigenvalue weighted by atomic mass is 35.5. The monoisotopic (exact) mass is 241 g/mol. The minimum absolute atomic E-state index is 0.447. The number of hydrogen-bond acceptors (Lipinski definition) is 3. The van der Waals surface area contributed by atoms with Crippen molar-refractivity contribution in [2.75, 3.05) is 0 Å². The van der Waals surface area contributed by atoms with Gasteiger partial charge in [0.25, 0.3) is 5.91 Å². The summed E-state index contributed by atoms with van der Waals surface area (Å²) in [6.07, 6.45) is 1.54. The molecule has 0 fully saturated rings. The second-order valence-corrected chi connectivity index (χ2v) is 4.32. The Morgan fingerprint density at radius 1 is 1.67 bits per heavy atom. The summed E-state index contributed by atoms with van der Waals surface area (Å²) in [6.45, 7) is 0. The maximum atomic E-state index is 11.2. The van der Waals surface area contributed by atoms with Gasteiger partial charge in [-0.2, -0.15) is 5.10 Å². The average molecular weight is 242 g/mol. The smallest absolute Gasteiger partial charge is 0.259 e. The molecule has 2 N–H and O–H groups in total. The van der Waals surface area contributed by atoms with E-state index in [1.165, 1.54) is 11.3 Å². The van der Waals surface area contributed by atoms with Crippen LogP contribution in [0.25, 0.3) is 11.3 Å². The van der Waals surface area contributed by atoms with E-state index in [4.69, 9.17) is 17.3 Å². The van der Waals surface area contributed by atoms with Gasteiger partial charge in [0.2, 0.25) is 0 Å². The molecule has 2 aromatic rings. The zero-order valence-corrected chi connectivity index (χ0v) is 9.47. The van der Waals surface area contributed by atoms with Crippen LogP contribution in [0.5, 0.6) is 0 Å². The number of rotatable bonds is 2. The SMILES string of the molecule is Cn1ncc(Cl)c1-c1ccsc1C(N)=O. The number of aryl methyl sites for hydroxylation is 1. The van der Waals surface area contributed by atoms with Crippen molar-refractivity contribution in [2.45, 2.75) is 0 Å². The van der Waals surface area contributed by atoms with Gasteiger partial charge < -0.3 is 5.73 Å². The summed E-state index contributed by atoms with van der Waals surface area (Å²) >= 11 is 7.28. The van der Waals surface area contributed by atoms with Crippen LogP contribution in [-0.4, -0.2) is 15.7 Å². The molecule has 2 aromatic heterocycles. The first kappa shape index (κ1) is 10.2. The van der Waals surface area contributed by atoms with Gasteiger partial charge in [0.05, 0.1) is 16.9 Å². The van der Waals surface area contributed by atoms with E-state index >= 15 is 0 Å². The van der Waals surface area contributed by atoms with Crippen molar-refractivity contribution in [1.82, 2.24) is 9.78 Å². The van der Waals surface area contributed by atoms with E-state index in [0.717, 1.165) is 5.56 Å². The Hall–Kier alpha value is -1.33. The lowest BCUT2D eigenvalue weighted by atomic mass is 10.2. The fraction of sp³-hybridized carbons (Fsp3) is 0.111. The predicted molar refractivity (Wildman–Crippen MR) is 60.0 cm³/mol. The molecule has 0 spiro atoms. The lowest BCUT2D eigenvalue weighted by molar-refractivity contribution is 0.100. The third-order valence-electron chi connectivity index (χ3n) is 2.04. The van der Waals surface area contributed by atoms with Crippen LogP contribution in [-0.2, 0) is 7.05 Å². The minimum Gasteiger partial charge on any atom is -0.365 e. The number of thiophene rings is 1. The first-order valence-electron chi connectivity index (χ1n) is 4.16. The standard InChI is InChI=1S/C9H8ClN3OS/c1-13-7(6(10)4-12-13)5-2-3-15-8(5)9(11)14/h2-4H,1H3,(H2,11,14). The van der Waals surface area contributed by atoms with Crippen LogP contribution in [0.4, 0.5) is 0 Å². The van der Waals surface area contributed by atoms with Gasteiger partial charge in [-0.1, -0.05) is 11.6 Å². The third-order valence-corrected chi connectivity index (χ3v) is 3.24. The third kappa shape index (κ3) is 1.64. The fourth-order valence-electron chi connectivity index (χ4n) is 1.40. The highest BCUT2D eigenvalue weighted by molar-refractivity contribution is 7.12. The Morgan fingerprint density at radius 2 is 2.40 bits per heavy atom. The lowest BCUT2D eigenvalue weighted by Gasteiger charge is -2.02. The maximum Gasteiger partial charge on any atom is 0.259 e. The van der Waals surface area contributed by atoms with Crippen LogP contribution in [0, 0.1) is 0 Å². The van der Waals surface area contributed by atoms with Gasteiger partial charge in [0.1, 0.15) is 4.88 Å². The van der Waals surface area contributed by atoms with Gasteiger partial charge in [-0.3, -0.25) is 9.48 Å². The molecular formula is C9H8ClN3OS. The van der Waals surface area contributed by atoms with Crippen LogP contribution in [0.15, 0.2) is 17.6 Å². The predicted octanol–water partition coefficient (Wildman–Crippen LogP) is 1.90. The quantitative estimate of drug-likeness (QED) is 0.873. The van der Waals surface area contributed by atoms with Crippen LogP contribution >= 0.6 is 22.9 Å². The van der Waals surface area contributed by atoms with E-state index in [0.29, 0.717) is 15.6 Å². The maximum absolute atomic E-state index is 11.2. The summed E-state index contributed by atoms with van der Waals surface area (Å²) in [5, 5.41) is 6.33. The summed E-state index contributed by atoms with van der Waals surface area (Å²) in [5.74, 6) is -0.447. The second kappa shape index (κ2) is 3.67. The Kier molecular flexibility index (Phi) is 2.50. The Balaban J connectivity index is 2.64. The molecule has 4 nitrogen and oxygen atoms in total. The van der Waals surface area contributed by atoms with E-state index in [9.17, 15) is 4.79 Å². The molecule has 2 rings (SSSR count). The number of carbonyl (C=O) groups is 1. The number of carbonyl (C=O) groups excluding carboxylic acids is 1. The van der Waals surface area contributed by atoms with E-state index in [1.54, 1.807) is 23.3 Å². The Bertz CT molecular complexity index is 498. The summed E-state index contributed by atoms with van der Waals surface area (Å²) in [5.41, 5.74) is 6.71. The summed E-state index contributed by atoms with van der Waals surface area (Å²) in [6, 6.07) is 1.81. The van der Waals surface area contributed by atoms with Gasteiger partial charge >= 0.3 is 0 Å². The largest absolute Gasteiger partial charge is 0.365 e. The molecule has 6 heteroatoms. The summed E-state index contributed by atoms with van der Waals surface area (Å²) in [4.78, 5) is 11.7. The Morgan fingerprint density at radius 3 is 2.93 bits per heavy atom. The van der Waals surface area contributed by atoms with Crippen molar-refractivity contribution < 1.29 is 4.79 Å². The molecule has 0 aliphatic rings. The molecule has 0 unspecified atom stereocenters. The van der Waals surface area contributed by atoms with Gasteiger partial charge in [0.15, 0.2) is 0 Å². The first-order valence-corrected chi connectivity index (χ1v) is 5.42. The molecule has 0 bridgehead atoms. The number of aromatic nitrogens is 2. The zero-order chi connectivity index (χ0) is 11.0. The van der Waals surface area contributed by atoms with Crippen molar-refractivity contribution in [2.24, 2.45) is 12.8 Å². The number of hydrogen-bond donors (Lipinski definition) is 1. The van der Waals surface area contributed by atoms with E-state index in [-0.39, 0.29) is 0 Å². The van der Waals surface area contributed by atoms with Gasteiger partial charge in [-0.15, -0.1) is 11.3 Å². The second-order valence-electron chi connectivity index (χ2n) is 2.99. The first-order chi connectivity index (χ1) is 7.11. The van der Waals surface area contributed by atoms with Crippen molar-refractivity contribution >= 4 is 28.8 Å². The number of amides is 1. The number of halogens is 1. The summed E-state index contributed by atoms with van der Waals surface area (Å²) in [7, 11) is 1.77. The number of primary amides is 1. The molecule has 0 radical (unpaired) electrons. The molecule has 2 heterocycles. The topological polar surface area (TPSA) is 60.9 Å². The number of nitrogens with two attached hydrogens (primary N) is 1.